The number of carbonyl (C=O) groups is 1. The number of hydrogen-bond acceptors (Lipinski definition) is 4. The molecule has 1 atom stereocenters. The van der Waals surface area contributed by atoms with E-state index in [1.807, 2.05) is 13.8 Å². The highest BCUT2D eigenvalue weighted by Gasteiger charge is 2.14. The molecule has 0 radical (unpaired) electrons. The summed E-state index contributed by atoms with van der Waals surface area (Å²) in [4.78, 5) is 12.1. The van der Waals surface area contributed by atoms with Gasteiger partial charge in [-0.1, -0.05) is 0 Å². The monoisotopic (exact) mass is 265 g/mol. The average Bonchev–Trinajstić information content (AvgIpc) is 2.46. The molecular formula is C15H23NO3. The van der Waals surface area contributed by atoms with Crippen molar-refractivity contribution in [3.8, 4) is 5.75 Å². The minimum absolute atomic E-state index is 0.0964. The molecule has 4 heteroatoms. The van der Waals surface area contributed by atoms with E-state index < -0.39 is 0 Å². The Morgan fingerprint density at radius 3 is 2.58 bits per heavy atom. The molecule has 106 valence electrons. The van der Waals surface area contributed by atoms with E-state index in [0.717, 1.165) is 31.9 Å². The standard InChI is InChI=1S/C15H23NO3/c1-4-19-11-5-10-16-12(2)15(17)13-6-8-14(18-3)9-7-13/h6-9,12,16H,4-5,10-11H2,1-3H3. The first-order chi connectivity index (χ1) is 9.19. The average molecular weight is 265 g/mol. The molecule has 0 bridgehead atoms. The van der Waals surface area contributed by atoms with Crippen LogP contribution < -0.4 is 10.1 Å². The molecule has 1 rings (SSSR count). The van der Waals surface area contributed by atoms with Crippen LogP contribution in [0.2, 0.25) is 0 Å². The predicted molar refractivity (Wildman–Crippen MR) is 75.9 cm³/mol. The van der Waals surface area contributed by atoms with Gasteiger partial charge in [-0.3, -0.25) is 4.79 Å². The van der Waals surface area contributed by atoms with Gasteiger partial charge in [0.15, 0.2) is 5.78 Å². The lowest BCUT2D eigenvalue weighted by Crippen LogP contribution is -2.35. The Morgan fingerprint density at radius 1 is 1.32 bits per heavy atom. The molecule has 0 amide bonds. The number of hydrogen-bond donors (Lipinski definition) is 1. The van der Waals surface area contributed by atoms with Crippen molar-refractivity contribution >= 4 is 5.78 Å². The third kappa shape index (κ3) is 5.41. The van der Waals surface area contributed by atoms with E-state index in [1.165, 1.54) is 0 Å². The molecule has 19 heavy (non-hydrogen) atoms. The molecule has 0 spiro atoms. The Bertz CT molecular complexity index is 375. The van der Waals surface area contributed by atoms with Crippen molar-refractivity contribution in [3.63, 3.8) is 0 Å². The summed E-state index contributed by atoms with van der Waals surface area (Å²) in [6.45, 7) is 6.10. The molecule has 0 saturated heterocycles. The second-order valence-electron chi connectivity index (χ2n) is 4.32. The van der Waals surface area contributed by atoms with Gasteiger partial charge < -0.3 is 14.8 Å². The summed E-state index contributed by atoms with van der Waals surface area (Å²) in [6.07, 6.45) is 0.911. The summed E-state index contributed by atoms with van der Waals surface area (Å²) in [6, 6.07) is 7.00. The lowest BCUT2D eigenvalue weighted by molar-refractivity contribution is 0.0946. The topological polar surface area (TPSA) is 47.6 Å². The van der Waals surface area contributed by atoms with E-state index in [1.54, 1.807) is 31.4 Å². The summed E-state index contributed by atoms with van der Waals surface area (Å²) >= 11 is 0. The molecule has 0 fully saturated rings. The van der Waals surface area contributed by atoms with Crippen LogP contribution in [-0.2, 0) is 4.74 Å². The fourth-order valence-corrected chi connectivity index (χ4v) is 1.74. The van der Waals surface area contributed by atoms with Gasteiger partial charge in [0, 0.05) is 18.8 Å². The zero-order chi connectivity index (χ0) is 14.1. The van der Waals surface area contributed by atoms with E-state index in [0.29, 0.717) is 5.56 Å². The molecule has 1 N–H and O–H groups in total. The molecule has 0 aliphatic carbocycles. The maximum atomic E-state index is 12.1. The SMILES string of the molecule is CCOCCCNC(C)C(=O)c1ccc(OC)cc1. The smallest absolute Gasteiger partial charge is 0.179 e. The quantitative estimate of drug-likeness (QED) is 0.549. The first-order valence-electron chi connectivity index (χ1n) is 6.68. The van der Waals surface area contributed by atoms with Gasteiger partial charge in [0.2, 0.25) is 0 Å². The highest BCUT2D eigenvalue weighted by atomic mass is 16.5. The van der Waals surface area contributed by atoms with Crippen molar-refractivity contribution in [1.82, 2.24) is 5.32 Å². The summed E-state index contributed by atoms with van der Waals surface area (Å²) in [5.41, 5.74) is 0.700. The van der Waals surface area contributed by atoms with Crippen LogP contribution in [0.5, 0.6) is 5.75 Å². The number of ketones is 1. The number of rotatable bonds is 9. The highest BCUT2D eigenvalue weighted by molar-refractivity contribution is 5.99. The highest BCUT2D eigenvalue weighted by Crippen LogP contribution is 2.12. The van der Waals surface area contributed by atoms with Gasteiger partial charge >= 0.3 is 0 Å². The van der Waals surface area contributed by atoms with Crippen molar-refractivity contribution < 1.29 is 14.3 Å². The van der Waals surface area contributed by atoms with E-state index in [-0.39, 0.29) is 11.8 Å². The number of ether oxygens (including phenoxy) is 2. The lowest BCUT2D eigenvalue weighted by Gasteiger charge is -2.13. The summed E-state index contributed by atoms with van der Waals surface area (Å²) < 4.78 is 10.3. The maximum absolute atomic E-state index is 12.1. The van der Waals surface area contributed by atoms with Crippen molar-refractivity contribution in [2.45, 2.75) is 26.3 Å². The van der Waals surface area contributed by atoms with Crippen molar-refractivity contribution in [3.05, 3.63) is 29.8 Å². The number of Topliss-reactive ketones (excluding diaryl/α,β-unsaturated/α-hetero) is 1. The van der Waals surface area contributed by atoms with Gasteiger partial charge in [-0.05, 0) is 51.1 Å². The number of methoxy groups -OCH3 is 1. The van der Waals surface area contributed by atoms with Crippen LogP contribution in [0, 0.1) is 0 Å². The maximum Gasteiger partial charge on any atom is 0.179 e. The van der Waals surface area contributed by atoms with Crippen LogP contribution in [0.25, 0.3) is 0 Å². The van der Waals surface area contributed by atoms with Gasteiger partial charge in [-0.15, -0.1) is 0 Å². The minimum Gasteiger partial charge on any atom is -0.497 e. The molecular weight excluding hydrogens is 242 g/mol. The summed E-state index contributed by atoms with van der Waals surface area (Å²) in [5.74, 6) is 0.855. The van der Waals surface area contributed by atoms with Crippen molar-refractivity contribution in [1.29, 1.82) is 0 Å². The van der Waals surface area contributed by atoms with Gasteiger partial charge in [0.1, 0.15) is 5.75 Å². The van der Waals surface area contributed by atoms with Gasteiger partial charge in [-0.25, -0.2) is 0 Å². The lowest BCUT2D eigenvalue weighted by atomic mass is 10.1. The van der Waals surface area contributed by atoms with E-state index in [9.17, 15) is 4.79 Å². The van der Waals surface area contributed by atoms with Crippen molar-refractivity contribution in [2.75, 3.05) is 26.9 Å². The second kappa shape index (κ2) is 8.67. The zero-order valence-corrected chi connectivity index (χ0v) is 11.9. The summed E-state index contributed by atoms with van der Waals surface area (Å²) in [7, 11) is 1.61. The normalized spacial score (nSPS) is 12.2. The van der Waals surface area contributed by atoms with Crippen LogP contribution in [0.3, 0.4) is 0 Å². The molecule has 0 saturated carbocycles. The van der Waals surface area contributed by atoms with Crippen molar-refractivity contribution in [2.24, 2.45) is 0 Å². The molecule has 0 aliphatic heterocycles. The number of benzene rings is 1. The van der Waals surface area contributed by atoms with Crippen LogP contribution in [0.15, 0.2) is 24.3 Å². The predicted octanol–water partition coefficient (Wildman–Crippen LogP) is 2.28. The van der Waals surface area contributed by atoms with Crippen LogP contribution in [-0.4, -0.2) is 38.7 Å². The Hall–Kier alpha value is -1.39. The molecule has 0 aliphatic rings. The third-order valence-electron chi connectivity index (χ3n) is 2.89. The Morgan fingerprint density at radius 2 is 2.00 bits per heavy atom. The Kier molecular flexibility index (Phi) is 7.15. The zero-order valence-electron chi connectivity index (χ0n) is 11.9. The first-order valence-corrected chi connectivity index (χ1v) is 6.68. The summed E-state index contributed by atoms with van der Waals surface area (Å²) in [5, 5.41) is 3.21. The van der Waals surface area contributed by atoms with Crippen LogP contribution in [0.1, 0.15) is 30.6 Å². The Labute approximate surface area is 115 Å². The van der Waals surface area contributed by atoms with E-state index in [2.05, 4.69) is 5.32 Å². The van der Waals surface area contributed by atoms with Crippen LogP contribution >= 0.6 is 0 Å². The molecule has 0 aromatic heterocycles. The molecule has 4 nitrogen and oxygen atoms in total. The second-order valence-corrected chi connectivity index (χ2v) is 4.32. The van der Waals surface area contributed by atoms with Gasteiger partial charge in [0.25, 0.3) is 0 Å². The number of carbonyl (C=O) groups excluding carboxylic acids is 1. The van der Waals surface area contributed by atoms with E-state index >= 15 is 0 Å². The minimum atomic E-state index is -0.185. The molecule has 0 heterocycles. The Balaban J connectivity index is 2.38. The largest absolute Gasteiger partial charge is 0.497 e. The van der Waals surface area contributed by atoms with Gasteiger partial charge in [0.05, 0.1) is 13.2 Å². The molecule has 1 aromatic rings. The van der Waals surface area contributed by atoms with E-state index in [4.69, 9.17) is 9.47 Å². The third-order valence-corrected chi connectivity index (χ3v) is 2.89. The molecule has 1 unspecified atom stereocenters. The fourth-order valence-electron chi connectivity index (χ4n) is 1.74. The molecule has 1 aromatic carbocycles. The number of nitrogens with one attached hydrogen (secondary N) is 1. The van der Waals surface area contributed by atoms with Crippen LogP contribution in [0.4, 0.5) is 0 Å². The first kappa shape index (κ1) is 15.7. The van der Waals surface area contributed by atoms with Gasteiger partial charge in [-0.2, -0.15) is 0 Å². The fraction of sp³-hybridized carbons (Fsp3) is 0.533.